The van der Waals surface area contributed by atoms with Crippen molar-refractivity contribution in [1.29, 1.82) is 0 Å². The summed E-state index contributed by atoms with van der Waals surface area (Å²) in [6.07, 6.45) is 3.43. The largest absolute Gasteiger partial charge is 0.493 e. The van der Waals surface area contributed by atoms with Gasteiger partial charge in [0.25, 0.3) is 5.91 Å². The van der Waals surface area contributed by atoms with Crippen molar-refractivity contribution >= 4 is 22.9 Å². The predicted octanol–water partition coefficient (Wildman–Crippen LogP) is 3.34. The van der Waals surface area contributed by atoms with E-state index in [0.29, 0.717) is 29.3 Å². The lowest BCUT2D eigenvalue weighted by Crippen LogP contribution is -2.25. The predicted molar refractivity (Wildman–Crippen MR) is 110 cm³/mol. The van der Waals surface area contributed by atoms with Gasteiger partial charge in [-0.3, -0.25) is 14.6 Å². The zero-order valence-corrected chi connectivity index (χ0v) is 17.2. The molecule has 29 heavy (non-hydrogen) atoms. The molecule has 3 rings (SSSR count). The van der Waals surface area contributed by atoms with Crippen molar-refractivity contribution in [2.75, 3.05) is 19.5 Å². The Bertz CT molecular complexity index is 962. The lowest BCUT2D eigenvalue weighted by molar-refractivity contribution is 0.0224. The lowest BCUT2D eigenvalue weighted by atomic mass is 10.1. The van der Waals surface area contributed by atoms with Crippen molar-refractivity contribution in [2.45, 2.75) is 20.1 Å². The number of carbonyl (C=O) groups is 1. The lowest BCUT2D eigenvalue weighted by Gasteiger charge is -2.16. The van der Waals surface area contributed by atoms with Crippen LogP contribution in [0.5, 0.6) is 11.5 Å². The Labute approximate surface area is 172 Å². The van der Waals surface area contributed by atoms with E-state index in [1.54, 1.807) is 31.6 Å². The Kier molecular flexibility index (Phi) is 6.99. The SMILES string of the molecule is COc1cc(NCc2ccncc2)c(C(=O)NOCc2csc(C)n2)cc1OC. The molecule has 2 heterocycles. The number of anilines is 1. The minimum Gasteiger partial charge on any atom is -0.493 e. The van der Waals surface area contributed by atoms with Gasteiger partial charge in [0.2, 0.25) is 0 Å². The van der Waals surface area contributed by atoms with Gasteiger partial charge in [-0.05, 0) is 30.7 Å². The molecule has 2 aromatic heterocycles. The first-order chi connectivity index (χ1) is 14.1. The van der Waals surface area contributed by atoms with Crippen LogP contribution in [0.25, 0.3) is 0 Å². The molecule has 0 radical (unpaired) electrons. The number of amides is 1. The summed E-state index contributed by atoms with van der Waals surface area (Å²) in [5.74, 6) is 0.553. The molecule has 0 saturated carbocycles. The molecule has 0 aliphatic rings. The van der Waals surface area contributed by atoms with Gasteiger partial charge in [0.1, 0.15) is 6.61 Å². The summed E-state index contributed by atoms with van der Waals surface area (Å²) < 4.78 is 10.7. The second-order valence-electron chi connectivity index (χ2n) is 6.04. The standard InChI is InChI=1S/C20H22N4O4S/c1-13-23-15(12-29-13)11-28-24-20(25)16-8-18(26-2)19(27-3)9-17(16)22-10-14-4-6-21-7-5-14/h4-9,12,22H,10-11H2,1-3H3,(H,24,25). The van der Waals surface area contributed by atoms with E-state index in [2.05, 4.69) is 20.8 Å². The second-order valence-corrected chi connectivity index (χ2v) is 7.10. The van der Waals surface area contributed by atoms with Gasteiger partial charge in [-0.1, -0.05) is 0 Å². The molecule has 0 aliphatic heterocycles. The number of aryl methyl sites for hydroxylation is 1. The third kappa shape index (κ3) is 5.43. The molecular formula is C20H22N4O4S. The quantitative estimate of drug-likeness (QED) is 0.519. The van der Waals surface area contributed by atoms with Crippen LogP contribution in [0.15, 0.2) is 42.0 Å². The number of hydroxylamine groups is 1. The highest BCUT2D eigenvalue weighted by molar-refractivity contribution is 7.09. The van der Waals surface area contributed by atoms with Crippen LogP contribution in [-0.4, -0.2) is 30.1 Å². The molecule has 1 amide bonds. The zero-order valence-electron chi connectivity index (χ0n) is 16.4. The third-order valence-electron chi connectivity index (χ3n) is 4.05. The van der Waals surface area contributed by atoms with Gasteiger partial charge in [0.05, 0.1) is 36.2 Å². The van der Waals surface area contributed by atoms with Crippen LogP contribution in [0.2, 0.25) is 0 Å². The summed E-state index contributed by atoms with van der Waals surface area (Å²) >= 11 is 1.53. The summed E-state index contributed by atoms with van der Waals surface area (Å²) in [5.41, 5.74) is 5.20. The normalized spacial score (nSPS) is 10.4. The van der Waals surface area contributed by atoms with Crippen LogP contribution in [0.1, 0.15) is 26.6 Å². The van der Waals surface area contributed by atoms with Crippen LogP contribution in [0.4, 0.5) is 5.69 Å². The molecule has 152 valence electrons. The molecule has 1 aromatic carbocycles. The van der Waals surface area contributed by atoms with Crippen LogP contribution < -0.4 is 20.3 Å². The van der Waals surface area contributed by atoms with Crippen molar-refractivity contribution in [1.82, 2.24) is 15.4 Å². The Morgan fingerprint density at radius 3 is 2.52 bits per heavy atom. The number of thiazole rings is 1. The number of methoxy groups -OCH3 is 2. The van der Waals surface area contributed by atoms with Crippen LogP contribution in [0.3, 0.4) is 0 Å². The minimum atomic E-state index is -0.407. The first-order valence-corrected chi connectivity index (χ1v) is 9.70. The number of nitrogens with one attached hydrogen (secondary N) is 2. The molecule has 0 aliphatic carbocycles. The van der Waals surface area contributed by atoms with E-state index in [-0.39, 0.29) is 6.61 Å². The second kappa shape index (κ2) is 9.85. The molecule has 0 bridgehead atoms. The van der Waals surface area contributed by atoms with E-state index in [0.717, 1.165) is 16.3 Å². The molecule has 0 saturated heterocycles. The van der Waals surface area contributed by atoms with Crippen LogP contribution in [-0.2, 0) is 18.0 Å². The Hall–Kier alpha value is -3.17. The number of benzene rings is 1. The highest BCUT2D eigenvalue weighted by Gasteiger charge is 2.17. The van der Waals surface area contributed by atoms with E-state index in [1.165, 1.54) is 18.4 Å². The average molecular weight is 414 g/mol. The maximum Gasteiger partial charge on any atom is 0.277 e. The van der Waals surface area contributed by atoms with Crippen molar-refractivity contribution in [3.05, 3.63) is 63.9 Å². The maximum atomic E-state index is 12.7. The van der Waals surface area contributed by atoms with Gasteiger partial charge >= 0.3 is 0 Å². The number of hydrogen-bond donors (Lipinski definition) is 2. The van der Waals surface area contributed by atoms with Gasteiger partial charge in [-0.2, -0.15) is 0 Å². The fourth-order valence-electron chi connectivity index (χ4n) is 2.62. The smallest absolute Gasteiger partial charge is 0.277 e. The molecular weight excluding hydrogens is 392 g/mol. The molecule has 0 unspecified atom stereocenters. The van der Waals surface area contributed by atoms with E-state index in [9.17, 15) is 4.79 Å². The van der Waals surface area contributed by atoms with E-state index >= 15 is 0 Å². The van der Waals surface area contributed by atoms with Crippen LogP contribution in [0, 0.1) is 6.92 Å². The zero-order chi connectivity index (χ0) is 20.6. The number of ether oxygens (including phenoxy) is 2. The Morgan fingerprint density at radius 1 is 1.14 bits per heavy atom. The molecule has 3 aromatic rings. The first kappa shape index (κ1) is 20.6. The summed E-state index contributed by atoms with van der Waals surface area (Å²) in [7, 11) is 3.06. The van der Waals surface area contributed by atoms with Gasteiger partial charge < -0.3 is 14.8 Å². The number of pyridine rings is 1. The molecule has 0 spiro atoms. The van der Waals surface area contributed by atoms with Gasteiger partial charge in [0.15, 0.2) is 11.5 Å². The molecule has 0 fully saturated rings. The number of carbonyl (C=O) groups excluding carboxylic acids is 1. The maximum absolute atomic E-state index is 12.7. The summed E-state index contributed by atoms with van der Waals surface area (Å²) in [6.45, 7) is 2.61. The fraction of sp³-hybridized carbons (Fsp3) is 0.250. The van der Waals surface area contributed by atoms with Crippen LogP contribution >= 0.6 is 11.3 Å². The van der Waals surface area contributed by atoms with Crippen molar-refractivity contribution in [2.24, 2.45) is 0 Å². The van der Waals surface area contributed by atoms with Crippen molar-refractivity contribution in [3.8, 4) is 11.5 Å². The highest BCUT2D eigenvalue weighted by Crippen LogP contribution is 2.33. The topological polar surface area (TPSA) is 94.6 Å². The number of nitrogens with zero attached hydrogens (tertiary/aromatic N) is 2. The number of rotatable bonds is 9. The first-order valence-electron chi connectivity index (χ1n) is 8.82. The van der Waals surface area contributed by atoms with Gasteiger partial charge in [-0.15, -0.1) is 11.3 Å². The molecule has 8 nitrogen and oxygen atoms in total. The summed E-state index contributed by atoms with van der Waals surface area (Å²) in [6, 6.07) is 7.12. The third-order valence-corrected chi connectivity index (χ3v) is 4.87. The van der Waals surface area contributed by atoms with E-state index in [1.807, 2.05) is 24.4 Å². The molecule has 9 heteroatoms. The molecule has 0 atom stereocenters. The summed E-state index contributed by atoms with van der Waals surface area (Å²) in [4.78, 5) is 26.4. The van der Waals surface area contributed by atoms with Crippen molar-refractivity contribution < 1.29 is 19.1 Å². The highest BCUT2D eigenvalue weighted by atomic mass is 32.1. The minimum absolute atomic E-state index is 0.184. The van der Waals surface area contributed by atoms with E-state index < -0.39 is 5.91 Å². The van der Waals surface area contributed by atoms with E-state index in [4.69, 9.17) is 14.3 Å². The average Bonchev–Trinajstić information content (AvgIpc) is 3.17. The number of aromatic nitrogens is 2. The van der Waals surface area contributed by atoms with Gasteiger partial charge in [0, 0.05) is 30.4 Å². The van der Waals surface area contributed by atoms with Gasteiger partial charge in [-0.25, -0.2) is 10.5 Å². The fourth-order valence-corrected chi connectivity index (χ4v) is 3.21. The number of hydrogen-bond acceptors (Lipinski definition) is 8. The van der Waals surface area contributed by atoms with Crippen molar-refractivity contribution in [3.63, 3.8) is 0 Å². The molecule has 2 N–H and O–H groups in total. The Balaban J connectivity index is 1.75. The monoisotopic (exact) mass is 414 g/mol. The Morgan fingerprint density at radius 2 is 1.86 bits per heavy atom. The summed E-state index contributed by atoms with van der Waals surface area (Å²) in [5, 5.41) is 6.09.